The maximum Gasteiger partial charge on any atom is 0.417 e. The van der Waals surface area contributed by atoms with E-state index in [2.05, 4.69) is 26.6 Å². The van der Waals surface area contributed by atoms with Gasteiger partial charge in [-0.1, -0.05) is 22.9 Å². The summed E-state index contributed by atoms with van der Waals surface area (Å²) in [6.45, 7) is 3.23. The molecule has 0 aromatic heterocycles. The van der Waals surface area contributed by atoms with Gasteiger partial charge in [-0.2, -0.15) is 13.2 Å². The number of nitrogens with one attached hydrogen (secondary N) is 2. The van der Waals surface area contributed by atoms with Crippen molar-refractivity contribution < 1.29 is 18.0 Å². The summed E-state index contributed by atoms with van der Waals surface area (Å²) in [7, 11) is 0. The lowest BCUT2D eigenvalue weighted by Gasteiger charge is -2.16. The molecule has 1 aliphatic rings. The van der Waals surface area contributed by atoms with Crippen LogP contribution >= 0.6 is 15.9 Å². The van der Waals surface area contributed by atoms with Crippen molar-refractivity contribution in [3.05, 3.63) is 28.2 Å². The molecule has 1 aromatic rings. The summed E-state index contributed by atoms with van der Waals surface area (Å²) in [5.41, 5.74) is -0.641. The molecule has 1 fully saturated rings. The van der Waals surface area contributed by atoms with Gasteiger partial charge in [0.05, 0.1) is 11.5 Å². The molecule has 0 aliphatic carbocycles. The molecule has 0 bridgehead atoms. The molecule has 2 atom stereocenters. The van der Waals surface area contributed by atoms with E-state index in [1.54, 1.807) is 0 Å². The van der Waals surface area contributed by atoms with E-state index < -0.39 is 11.7 Å². The second-order valence-electron chi connectivity index (χ2n) is 4.92. The summed E-state index contributed by atoms with van der Waals surface area (Å²) < 4.78 is 38.3. The number of carbonyl (C=O) groups excluding carboxylic acids is 1. The number of anilines is 1. The number of benzene rings is 1. The van der Waals surface area contributed by atoms with Crippen molar-refractivity contribution in [1.29, 1.82) is 0 Å². The van der Waals surface area contributed by atoms with Gasteiger partial charge in [0, 0.05) is 16.7 Å². The van der Waals surface area contributed by atoms with Crippen LogP contribution in [0.4, 0.5) is 18.9 Å². The first-order valence-corrected chi connectivity index (χ1v) is 6.96. The van der Waals surface area contributed by atoms with E-state index in [4.69, 9.17) is 0 Å². The average molecular weight is 351 g/mol. The van der Waals surface area contributed by atoms with Gasteiger partial charge in [-0.3, -0.25) is 4.79 Å². The van der Waals surface area contributed by atoms with Gasteiger partial charge in [0.1, 0.15) is 0 Å². The fraction of sp³-hybridized carbons (Fsp3) is 0.462. The van der Waals surface area contributed by atoms with Crippen molar-refractivity contribution in [3.63, 3.8) is 0 Å². The highest BCUT2D eigenvalue weighted by atomic mass is 79.9. The third kappa shape index (κ3) is 3.32. The molecule has 110 valence electrons. The molecule has 1 aliphatic heterocycles. The predicted molar refractivity (Wildman–Crippen MR) is 73.3 cm³/mol. The zero-order valence-electron chi connectivity index (χ0n) is 10.7. The van der Waals surface area contributed by atoms with E-state index in [9.17, 15) is 18.0 Å². The lowest BCUT2D eigenvalue weighted by atomic mass is 9.97. The van der Waals surface area contributed by atoms with Crippen molar-refractivity contribution in [3.8, 4) is 0 Å². The van der Waals surface area contributed by atoms with Gasteiger partial charge in [-0.15, -0.1) is 0 Å². The van der Waals surface area contributed by atoms with Crippen LogP contribution < -0.4 is 10.6 Å². The van der Waals surface area contributed by atoms with Crippen molar-refractivity contribution in [2.45, 2.75) is 13.1 Å². The van der Waals surface area contributed by atoms with Crippen LogP contribution in [-0.2, 0) is 11.0 Å². The molecule has 1 heterocycles. The third-order valence-electron chi connectivity index (χ3n) is 3.39. The molecule has 7 heteroatoms. The molecule has 20 heavy (non-hydrogen) atoms. The Morgan fingerprint density at radius 3 is 2.65 bits per heavy atom. The Morgan fingerprint density at radius 1 is 1.40 bits per heavy atom. The maximum absolute atomic E-state index is 12.8. The third-order valence-corrected chi connectivity index (χ3v) is 4.09. The lowest BCUT2D eigenvalue weighted by molar-refractivity contribution is -0.138. The van der Waals surface area contributed by atoms with Crippen LogP contribution in [0.5, 0.6) is 0 Å². The van der Waals surface area contributed by atoms with Crippen LogP contribution in [0.1, 0.15) is 12.5 Å². The predicted octanol–water partition coefficient (Wildman–Crippen LogP) is 3.26. The zero-order valence-corrected chi connectivity index (χ0v) is 12.3. The average Bonchev–Trinajstić information content (AvgIpc) is 2.76. The first kappa shape index (κ1) is 15.3. The number of rotatable bonds is 2. The van der Waals surface area contributed by atoms with Crippen LogP contribution in [0.15, 0.2) is 22.7 Å². The van der Waals surface area contributed by atoms with E-state index in [0.717, 1.165) is 12.6 Å². The van der Waals surface area contributed by atoms with Crippen molar-refractivity contribution in [1.82, 2.24) is 5.32 Å². The first-order chi connectivity index (χ1) is 9.29. The summed E-state index contributed by atoms with van der Waals surface area (Å²) in [6.07, 6.45) is -4.46. The summed E-state index contributed by atoms with van der Waals surface area (Å²) in [5.74, 6) is -0.293. The highest BCUT2D eigenvalue weighted by Crippen LogP contribution is 2.36. The van der Waals surface area contributed by atoms with Crippen LogP contribution in [-0.4, -0.2) is 19.0 Å². The van der Waals surface area contributed by atoms with E-state index in [1.165, 1.54) is 12.1 Å². The van der Waals surface area contributed by atoms with Gasteiger partial charge >= 0.3 is 6.18 Å². The molecule has 0 saturated carbocycles. The fourth-order valence-electron chi connectivity index (χ4n) is 2.22. The Labute approximate surface area is 123 Å². The number of halogens is 4. The SMILES string of the molecule is C[C@@H]1CNC[C@H]1C(=O)Nc1ccc(Br)c(C(F)(F)F)c1. The Bertz CT molecular complexity index is 519. The highest BCUT2D eigenvalue weighted by molar-refractivity contribution is 9.10. The summed E-state index contributed by atoms with van der Waals surface area (Å²) in [4.78, 5) is 12.0. The van der Waals surface area contributed by atoms with Crippen LogP contribution in [0.3, 0.4) is 0 Å². The molecule has 1 aromatic carbocycles. The molecular weight excluding hydrogens is 337 g/mol. The van der Waals surface area contributed by atoms with Gasteiger partial charge in [0.25, 0.3) is 0 Å². The Kier molecular flexibility index (Phi) is 4.39. The number of carbonyl (C=O) groups is 1. The molecule has 0 unspecified atom stereocenters. The van der Waals surface area contributed by atoms with E-state index >= 15 is 0 Å². The van der Waals surface area contributed by atoms with E-state index in [0.29, 0.717) is 6.54 Å². The largest absolute Gasteiger partial charge is 0.417 e. The van der Waals surface area contributed by atoms with Gasteiger partial charge in [0.2, 0.25) is 5.91 Å². The van der Waals surface area contributed by atoms with Crippen molar-refractivity contribution in [2.75, 3.05) is 18.4 Å². The number of hydrogen-bond acceptors (Lipinski definition) is 2. The minimum Gasteiger partial charge on any atom is -0.326 e. The van der Waals surface area contributed by atoms with Crippen molar-refractivity contribution in [2.24, 2.45) is 11.8 Å². The molecule has 1 saturated heterocycles. The smallest absolute Gasteiger partial charge is 0.326 e. The topological polar surface area (TPSA) is 41.1 Å². The minimum atomic E-state index is -4.46. The van der Waals surface area contributed by atoms with E-state index in [-0.39, 0.29) is 27.9 Å². The van der Waals surface area contributed by atoms with Gasteiger partial charge in [-0.25, -0.2) is 0 Å². The summed E-state index contributed by atoms with van der Waals surface area (Å²) in [6, 6.07) is 3.67. The maximum atomic E-state index is 12.8. The van der Waals surface area contributed by atoms with Gasteiger partial charge < -0.3 is 10.6 Å². The van der Waals surface area contributed by atoms with Gasteiger partial charge in [-0.05, 0) is 30.7 Å². The first-order valence-electron chi connectivity index (χ1n) is 6.17. The number of amides is 1. The molecule has 2 rings (SSSR count). The molecule has 0 radical (unpaired) electrons. The fourth-order valence-corrected chi connectivity index (χ4v) is 2.69. The standard InChI is InChI=1S/C13H14BrF3N2O/c1-7-5-18-6-9(7)12(20)19-8-2-3-11(14)10(4-8)13(15,16)17/h2-4,7,9,18H,5-6H2,1H3,(H,19,20)/t7-,9-/m1/s1. The van der Waals surface area contributed by atoms with Crippen LogP contribution in [0.25, 0.3) is 0 Å². The van der Waals surface area contributed by atoms with Crippen molar-refractivity contribution >= 4 is 27.5 Å². The monoisotopic (exact) mass is 350 g/mol. The minimum absolute atomic E-state index is 0.0427. The summed E-state index contributed by atoms with van der Waals surface area (Å²) in [5, 5.41) is 5.64. The quantitative estimate of drug-likeness (QED) is 0.859. The number of hydrogen-bond donors (Lipinski definition) is 2. The molecule has 3 nitrogen and oxygen atoms in total. The molecule has 2 N–H and O–H groups in total. The molecule has 1 amide bonds. The normalized spacial score (nSPS) is 22.9. The lowest BCUT2D eigenvalue weighted by Crippen LogP contribution is -2.28. The van der Waals surface area contributed by atoms with E-state index in [1.807, 2.05) is 6.92 Å². The van der Waals surface area contributed by atoms with Gasteiger partial charge in [0.15, 0.2) is 0 Å². The molecular formula is C13H14BrF3N2O. The Hall–Kier alpha value is -1.08. The van der Waals surface area contributed by atoms with Crippen LogP contribution in [0.2, 0.25) is 0 Å². The Balaban J connectivity index is 2.16. The Morgan fingerprint density at radius 2 is 2.10 bits per heavy atom. The number of alkyl halides is 3. The highest BCUT2D eigenvalue weighted by Gasteiger charge is 2.34. The summed E-state index contributed by atoms with van der Waals surface area (Å²) >= 11 is 2.87. The second kappa shape index (κ2) is 5.73. The second-order valence-corrected chi connectivity index (χ2v) is 5.78. The zero-order chi connectivity index (χ0) is 14.9. The van der Waals surface area contributed by atoms with Crippen LogP contribution in [0, 0.1) is 11.8 Å². The molecule has 0 spiro atoms.